The molecule has 0 aromatic heterocycles. The highest BCUT2D eigenvalue weighted by Crippen LogP contribution is 2.18. The van der Waals surface area contributed by atoms with Gasteiger partial charge in [0.2, 0.25) is 0 Å². The predicted molar refractivity (Wildman–Crippen MR) is 56.2 cm³/mol. The average Bonchev–Trinajstić information content (AvgIpc) is 1.67. The van der Waals surface area contributed by atoms with Crippen LogP contribution in [0.5, 0.6) is 0 Å². The molecule has 0 amide bonds. The molecule has 0 aromatic carbocycles. The van der Waals surface area contributed by atoms with Crippen LogP contribution in [0.4, 0.5) is 0 Å². The first kappa shape index (κ1) is 9.46. The number of halogens is 2. The molecular weight excluding hydrogens is 326 g/mol. The van der Waals surface area contributed by atoms with Crippen LogP contribution in [-0.2, 0) is 0 Å². The van der Waals surface area contributed by atoms with Gasteiger partial charge < -0.3 is 0 Å². The van der Waals surface area contributed by atoms with Gasteiger partial charge in [-0.2, -0.15) is 0 Å². The lowest BCUT2D eigenvalue weighted by molar-refractivity contribution is 0.764. The molecule has 0 radical (unpaired) electrons. The maximum absolute atomic E-state index is 2.52. The Balaban J connectivity index is 3.17. The number of hydrogen-bond acceptors (Lipinski definition) is 0. The predicted octanol–water partition coefficient (Wildman–Crippen LogP) is 3.41. The van der Waals surface area contributed by atoms with Crippen molar-refractivity contribution in [1.82, 2.24) is 0 Å². The van der Waals surface area contributed by atoms with E-state index in [0.717, 1.165) is 7.85 Å². The van der Waals surface area contributed by atoms with E-state index in [2.05, 4.69) is 59.0 Å². The molecule has 2 unspecified atom stereocenters. The van der Waals surface area contributed by atoms with Crippen molar-refractivity contribution in [2.75, 3.05) is 0 Å². The molecule has 0 rings (SSSR count). The van der Waals surface area contributed by atoms with Crippen molar-refractivity contribution >= 4 is 45.2 Å². The second kappa shape index (κ2) is 5.26. The molecule has 0 bridgehead atoms. The van der Waals surface area contributed by atoms with E-state index in [1.165, 1.54) is 12.8 Å². The minimum atomic E-state index is 0.827. The first-order valence-electron chi connectivity index (χ1n) is 2.96. The SMILES string of the molecule is CCCC(I)C(C)I. The van der Waals surface area contributed by atoms with Gasteiger partial charge in [0.05, 0.1) is 0 Å². The summed E-state index contributed by atoms with van der Waals surface area (Å²) >= 11 is 5.01. The van der Waals surface area contributed by atoms with E-state index in [9.17, 15) is 0 Å². The van der Waals surface area contributed by atoms with Gasteiger partial charge in [-0.05, 0) is 6.42 Å². The van der Waals surface area contributed by atoms with E-state index in [-0.39, 0.29) is 0 Å². The molecule has 0 aromatic rings. The van der Waals surface area contributed by atoms with Crippen molar-refractivity contribution in [2.45, 2.75) is 34.5 Å². The second-order valence-corrected chi connectivity index (χ2v) is 5.55. The van der Waals surface area contributed by atoms with E-state index in [0.29, 0.717) is 0 Å². The normalized spacial score (nSPS) is 18.0. The van der Waals surface area contributed by atoms with Crippen molar-refractivity contribution in [3.05, 3.63) is 0 Å². The fourth-order valence-corrected chi connectivity index (χ4v) is 1.49. The lowest BCUT2D eigenvalue weighted by atomic mass is 10.2. The van der Waals surface area contributed by atoms with E-state index in [1.54, 1.807) is 0 Å². The topological polar surface area (TPSA) is 0 Å². The second-order valence-electron chi connectivity index (χ2n) is 1.98. The Hall–Kier alpha value is 1.46. The third-order valence-electron chi connectivity index (χ3n) is 1.06. The summed E-state index contributed by atoms with van der Waals surface area (Å²) in [5.74, 6) is 0. The van der Waals surface area contributed by atoms with Gasteiger partial charge >= 0.3 is 0 Å². The highest BCUT2D eigenvalue weighted by atomic mass is 127. The Morgan fingerprint density at radius 2 is 1.88 bits per heavy atom. The summed E-state index contributed by atoms with van der Waals surface area (Å²) in [5.41, 5.74) is 0. The smallest absolute Gasteiger partial charge is 0.0225 e. The van der Waals surface area contributed by atoms with Crippen molar-refractivity contribution in [2.24, 2.45) is 0 Å². The number of hydrogen-bond donors (Lipinski definition) is 0. The largest absolute Gasteiger partial charge is 0.0818 e. The zero-order valence-electron chi connectivity index (χ0n) is 5.32. The monoisotopic (exact) mass is 338 g/mol. The average molecular weight is 338 g/mol. The van der Waals surface area contributed by atoms with E-state index >= 15 is 0 Å². The zero-order valence-corrected chi connectivity index (χ0v) is 9.64. The molecule has 0 aliphatic heterocycles. The molecule has 0 fully saturated rings. The summed E-state index contributed by atoms with van der Waals surface area (Å²) in [6, 6.07) is 0. The number of alkyl halides is 2. The van der Waals surface area contributed by atoms with Crippen molar-refractivity contribution in [1.29, 1.82) is 0 Å². The Labute approximate surface area is 79.1 Å². The molecule has 0 N–H and O–H groups in total. The van der Waals surface area contributed by atoms with Crippen molar-refractivity contribution < 1.29 is 0 Å². The molecule has 0 aliphatic rings. The molecule has 0 saturated heterocycles. The van der Waals surface area contributed by atoms with Crippen LogP contribution < -0.4 is 0 Å². The summed E-state index contributed by atoms with van der Waals surface area (Å²) in [6.45, 7) is 4.51. The van der Waals surface area contributed by atoms with Gasteiger partial charge in [-0.3, -0.25) is 0 Å². The molecule has 50 valence electrons. The lowest BCUT2D eigenvalue weighted by Crippen LogP contribution is -2.07. The van der Waals surface area contributed by atoms with Gasteiger partial charge in [0.1, 0.15) is 0 Å². The van der Waals surface area contributed by atoms with Gasteiger partial charge in [0.15, 0.2) is 0 Å². The molecule has 0 nitrogen and oxygen atoms in total. The maximum Gasteiger partial charge on any atom is 0.0225 e. The van der Waals surface area contributed by atoms with Gasteiger partial charge in [-0.1, -0.05) is 65.5 Å². The highest BCUT2D eigenvalue weighted by molar-refractivity contribution is 14.1. The minimum absolute atomic E-state index is 0.827. The van der Waals surface area contributed by atoms with Gasteiger partial charge in [-0.15, -0.1) is 0 Å². The molecule has 0 saturated carbocycles. The lowest BCUT2D eigenvalue weighted by Gasteiger charge is -2.09. The summed E-state index contributed by atoms with van der Waals surface area (Å²) in [6.07, 6.45) is 2.69. The van der Waals surface area contributed by atoms with Gasteiger partial charge in [0, 0.05) is 7.85 Å². The summed E-state index contributed by atoms with van der Waals surface area (Å²) in [5, 5.41) is 0. The van der Waals surface area contributed by atoms with Gasteiger partial charge in [-0.25, -0.2) is 0 Å². The van der Waals surface area contributed by atoms with Crippen LogP contribution in [0.25, 0.3) is 0 Å². The minimum Gasteiger partial charge on any atom is -0.0818 e. The quantitative estimate of drug-likeness (QED) is 0.547. The standard InChI is InChI=1S/C6H12I2/c1-3-4-6(8)5(2)7/h5-6H,3-4H2,1-2H3. The van der Waals surface area contributed by atoms with Crippen LogP contribution >= 0.6 is 45.2 Å². The Bertz CT molecular complexity index is 52.5. The fourth-order valence-electron chi connectivity index (χ4n) is 0.505. The van der Waals surface area contributed by atoms with Crippen LogP contribution in [0.3, 0.4) is 0 Å². The molecule has 0 heterocycles. The summed E-state index contributed by atoms with van der Waals surface area (Å²) in [7, 11) is 0. The Morgan fingerprint density at radius 3 is 2.00 bits per heavy atom. The molecule has 2 atom stereocenters. The van der Waals surface area contributed by atoms with Crippen molar-refractivity contribution in [3.63, 3.8) is 0 Å². The van der Waals surface area contributed by atoms with Crippen LogP contribution in [0, 0.1) is 0 Å². The Kier molecular flexibility index (Phi) is 6.22. The van der Waals surface area contributed by atoms with Crippen molar-refractivity contribution in [3.8, 4) is 0 Å². The van der Waals surface area contributed by atoms with Crippen LogP contribution in [-0.4, -0.2) is 7.85 Å². The third-order valence-corrected chi connectivity index (χ3v) is 5.01. The molecular formula is C6H12I2. The fraction of sp³-hybridized carbons (Fsp3) is 1.00. The van der Waals surface area contributed by atoms with Crippen LogP contribution in [0.15, 0.2) is 0 Å². The molecule has 0 aliphatic carbocycles. The zero-order chi connectivity index (χ0) is 6.57. The number of rotatable bonds is 3. The summed E-state index contributed by atoms with van der Waals surface area (Å²) in [4.78, 5) is 0. The summed E-state index contributed by atoms with van der Waals surface area (Å²) < 4.78 is 1.70. The first-order chi connectivity index (χ1) is 3.68. The van der Waals surface area contributed by atoms with Gasteiger partial charge in [0.25, 0.3) is 0 Å². The van der Waals surface area contributed by atoms with Crippen LogP contribution in [0.2, 0.25) is 0 Å². The first-order valence-corrected chi connectivity index (χ1v) is 5.45. The van der Waals surface area contributed by atoms with E-state index in [1.807, 2.05) is 0 Å². The molecule has 0 spiro atoms. The molecule has 8 heavy (non-hydrogen) atoms. The maximum atomic E-state index is 2.52. The third kappa shape index (κ3) is 4.35. The Morgan fingerprint density at radius 1 is 1.38 bits per heavy atom. The van der Waals surface area contributed by atoms with E-state index in [4.69, 9.17) is 0 Å². The van der Waals surface area contributed by atoms with E-state index < -0.39 is 0 Å². The van der Waals surface area contributed by atoms with Crippen LogP contribution in [0.1, 0.15) is 26.7 Å². The highest BCUT2D eigenvalue weighted by Gasteiger charge is 2.07. The molecule has 2 heteroatoms.